The Hall–Kier alpha value is -2.97. The lowest BCUT2D eigenvalue weighted by Gasteiger charge is -2.20. The molecule has 0 amide bonds. The minimum Gasteiger partial charge on any atom is -0.304 e. The van der Waals surface area contributed by atoms with Crippen molar-refractivity contribution in [3.63, 3.8) is 0 Å². The monoisotopic (exact) mass is 427 g/mol. The maximum atomic E-state index is 14.1. The second kappa shape index (κ2) is 8.18. The van der Waals surface area contributed by atoms with Gasteiger partial charge in [0.1, 0.15) is 5.82 Å². The molecule has 3 heterocycles. The van der Waals surface area contributed by atoms with E-state index in [9.17, 15) is 9.18 Å². The molecule has 0 aliphatic carbocycles. The van der Waals surface area contributed by atoms with Crippen LogP contribution in [0.1, 0.15) is 17.2 Å². The molecular formula is C20H15ClFN5OS. The van der Waals surface area contributed by atoms with Crippen LogP contribution >= 0.6 is 23.4 Å². The van der Waals surface area contributed by atoms with Crippen LogP contribution in [0, 0.1) is 5.82 Å². The number of hydrogen-bond donors (Lipinski definition) is 1. The van der Waals surface area contributed by atoms with Gasteiger partial charge in [-0.1, -0.05) is 29.4 Å². The molecule has 146 valence electrons. The van der Waals surface area contributed by atoms with Crippen molar-refractivity contribution in [2.45, 2.75) is 11.2 Å². The van der Waals surface area contributed by atoms with Crippen LogP contribution in [0.2, 0.25) is 5.02 Å². The van der Waals surface area contributed by atoms with Crippen LogP contribution in [-0.2, 0) is 0 Å². The number of aromatic amines is 1. The molecule has 0 bridgehead atoms. The van der Waals surface area contributed by atoms with Crippen LogP contribution in [0.15, 0.2) is 71.1 Å². The molecule has 29 heavy (non-hydrogen) atoms. The van der Waals surface area contributed by atoms with Crippen LogP contribution < -0.4 is 5.56 Å². The van der Waals surface area contributed by atoms with Gasteiger partial charge in [-0.05, 0) is 36.1 Å². The first-order chi connectivity index (χ1) is 14.1. The molecule has 0 radical (unpaired) electrons. The van der Waals surface area contributed by atoms with Gasteiger partial charge in [0.25, 0.3) is 5.56 Å². The first kappa shape index (κ1) is 19.4. The van der Waals surface area contributed by atoms with Crippen molar-refractivity contribution < 1.29 is 4.39 Å². The summed E-state index contributed by atoms with van der Waals surface area (Å²) in [5.41, 5.74) is 2.37. The zero-order valence-electron chi connectivity index (χ0n) is 15.2. The minimum absolute atomic E-state index is 0.0238. The molecule has 0 saturated carbocycles. The molecule has 0 aliphatic rings. The van der Waals surface area contributed by atoms with E-state index in [1.54, 1.807) is 43.0 Å². The quantitative estimate of drug-likeness (QED) is 0.382. The fourth-order valence-corrected chi connectivity index (χ4v) is 3.54. The highest BCUT2D eigenvalue weighted by atomic mass is 35.5. The molecule has 0 fully saturated rings. The molecule has 0 spiro atoms. The number of H-pyrrole nitrogens is 1. The summed E-state index contributed by atoms with van der Waals surface area (Å²) >= 11 is 7.25. The van der Waals surface area contributed by atoms with Crippen LogP contribution in [0.4, 0.5) is 4.39 Å². The second-order valence-electron chi connectivity index (χ2n) is 6.20. The molecule has 0 saturated heterocycles. The van der Waals surface area contributed by atoms with Gasteiger partial charge >= 0.3 is 0 Å². The van der Waals surface area contributed by atoms with Crippen LogP contribution in [0.25, 0.3) is 11.3 Å². The topological polar surface area (TPSA) is 76.5 Å². The summed E-state index contributed by atoms with van der Waals surface area (Å²) in [5, 5.41) is 7.36. The molecular weight excluding hydrogens is 413 g/mol. The van der Waals surface area contributed by atoms with E-state index in [2.05, 4.69) is 20.2 Å². The molecule has 3 aromatic heterocycles. The zero-order valence-corrected chi connectivity index (χ0v) is 16.8. The average molecular weight is 428 g/mol. The van der Waals surface area contributed by atoms with Crippen molar-refractivity contribution in [1.29, 1.82) is 0 Å². The maximum absolute atomic E-state index is 14.1. The Balaban J connectivity index is 1.81. The number of nitrogens with zero attached hydrogens (tertiary/aromatic N) is 4. The number of benzene rings is 1. The normalized spacial score (nSPS) is 12.1. The van der Waals surface area contributed by atoms with Gasteiger partial charge in [0.2, 0.25) is 0 Å². The van der Waals surface area contributed by atoms with Crippen molar-refractivity contribution in [1.82, 2.24) is 24.7 Å². The van der Waals surface area contributed by atoms with Crippen molar-refractivity contribution >= 4 is 23.4 Å². The summed E-state index contributed by atoms with van der Waals surface area (Å²) in [6, 6.07) is 8.99. The van der Waals surface area contributed by atoms with E-state index < -0.39 is 11.9 Å². The largest absolute Gasteiger partial charge is 0.304 e. The third kappa shape index (κ3) is 3.94. The predicted molar refractivity (Wildman–Crippen MR) is 111 cm³/mol. The number of halogens is 2. The Morgan fingerprint density at radius 2 is 2.07 bits per heavy atom. The van der Waals surface area contributed by atoms with E-state index in [4.69, 9.17) is 11.6 Å². The van der Waals surface area contributed by atoms with Crippen LogP contribution in [-0.4, -0.2) is 31.0 Å². The first-order valence-electron chi connectivity index (χ1n) is 8.60. The lowest BCUT2D eigenvalue weighted by atomic mass is 10.0. The highest BCUT2D eigenvalue weighted by molar-refractivity contribution is 7.98. The van der Waals surface area contributed by atoms with Crippen LogP contribution in [0.5, 0.6) is 0 Å². The van der Waals surface area contributed by atoms with Gasteiger partial charge in [-0.25, -0.2) is 14.4 Å². The standard InChI is InChI=1S/C20H15ClFN5OS/c1-29-20-23-6-4-17(26-20)12-5-7-27(18(28)9-12)19(14-10-24-25-11-14)13-2-3-15(21)16(22)8-13/h2-11,19H,1H3,(H,24,25). The van der Waals surface area contributed by atoms with E-state index in [0.29, 0.717) is 27.5 Å². The number of rotatable bonds is 5. The molecule has 1 aromatic carbocycles. The van der Waals surface area contributed by atoms with Crippen molar-refractivity contribution in [2.24, 2.45) is 0 Å². The average Bonchev–Trinajstić information content (AvgIpc) is 3.26. The fourth-order valence-electron chi connectivity index (χ4n) is 3.07. The molecule has 1 N–H and O–H groups in total. The zero-order chi connectivity index (χ0) is 20.4. The number of nitrogens with one attached hydrogen (secondary N) is 1. The van der Waals surface area contributed by atoms with E-state index in [1.165, 1.54) is 34.5 Å². The SMILES string of the molecule is CSc1nccc(-c2ccn(C(c3cn[nH]c3)c3ccc(Cl)c(F)c3)c(=O)c2)n1. The number of thioether (sulfide) groups is 1. The molecule has 1 atom stereocenters. The Morgan fingerprint density at radius 1 is 1.21 bits per heavy atom. The minimum atomic E-state index is -0.561. The summed E-state index contributed by atoms with van der Waals surface area (Å²) in [6.07, 6.45) is 8.49. The fraction of sp³-hybridized carbons (Fsp3) is 0.100. The van der Waals surface area contributed by atoms with E-state index in [0.717, 1.165) is 0 Å². The Morgan fingerprint density at radius 3 is 2.76 bits per heavy atom. The van der Waals surface area contributed by atoms with Gasteiger partial charge in [0.05, 0.1) is 23.0 Å². The van der Waals surface area contributed by atoms with Crippen molar-refractivity contribution in [3.8, 4) is 11.3 Å². The van der Waals surface area contributed by atoms with Gasteiger partial charge in [0.15, 0.2) is 5.16 Å². The third-order valence-electron chi connectivity index (χ3n) is 4.43. The van der Waals surface area contributed by atoms with Crippen molar-refractivity contribution in [2.75, 3.05) is 6.26 Å². The maximum Gasteiger partial charge on any atom is 0.252 e. The number of hydrogen-bond acceptors (Lipinski definition) is 5. The number of aromatic nitrogens is 5. The van der Waals surface area contributed by atoms with Gasteiger partial charge in [-0.3, -0.25) is 9.89 Å². The lowest BCUT2D eigenvalue weighted by Crippen LogP contribution is -2.25. The third-order valence-corrected chi connectivity index (χ3v) is 5.30. The Kier molecular flexibility index (Phi) is 5.46. The lowest BCUT2D eigenvalue weighted by molar-refractivity contribution is 0.610. The molecule has 6 nitrogen and oxygen atoms in total. The molecule has 0 aliphatic heterocycles. The Labute approximate surface area is 174 Å². The number of pyridine rings is 1. The van der Waals surface area contributed by atoms with Gasteiger partial charge in [-0.15, -0.1) is 0 Å². The summed E-state index contributed by atoms with van der Waals surface area (Å²) in [7, 11) is 0. The predicted octanol–water partition coefficient (Wildman–Crippen LogP) is 4.18. The molecule has 1 unspecified atom stereocenters. The smallest absolute Gasteiger partial charge is 0.252 e. The summed E-state index contributed by atoms with van der Waals surface area (Å²) in [4.78, 5) is 21.6. The van der Waals surface area contributed by atoms with E-state index in [1.807, 2.05) is 6.26 Å². The second-order valence-corrected chi connectivity index (χ2v) is 7.38. The molecule has 9 heteroatoms. The van der Waals surface area contributed by atoms with Gasteiger partial charge in [0, 0.05) is 35.8 Å². The van der Waals surface area contributed by atoms with Gasteiger partial charge in [-0.2, -0.15) is 5.10 Å². The molecule has 4 rings (SSSR count). The highest BCUT2D eigenvalue weighted by Crippen LogP contribution is 2.28. The van der Waals surface area contributed by atoms with Gasteiger partial charge < -0.3 is 4.57 Å². The Bertz CT molecular complexity index is 1210. The van der Waals surface area contributed by atoms with E-state index >= 15 is 0 Å². The summed E-state index contributed by atoms with van der Waals surface area (Å²) in [6.45, 7) is 0. The summed E-state index contributed by atoms with van der Waals surface area (Å²) in [5.74, 6) is -0.548. The summed E-state index contributed by atoms with van der Waals surface area (Å²) < 4.78 is 15.6. The first-order valence-corrected chi connectivity index (χ1v) is 10.2. The highest BCUT2D eigenvalue weighted by Gasteiger charge is 2.20. The molecule has 4 aromatic rings. The van der Waals surface area contributed by atoms with Crippen LogP contribution in [0.3, 0.4) is 0 Å². The van der Waals surface area contributed by atoms with E-state index in [-0.39, 0.29) is 10.6 Å². The van der Waals surface area contributed by atoms with Crippen molar-refractivity contribution in [3.05, 3.63) is 93.5 Å².